The van der Waals surface area contributed by atoms with Crippen LogP contribution in [0.25, 0.3) is 22.2 Å². The highest BCUT2D eigenvalue weighted by atomic mass is 16.5. The summed E-state index contributed by atoms with van der Waals surface area (Å²) in [5, 5.41) is 3.90. The van der Waals surface area contributed by atoms with Crippen LogP contribution in [0.1, 0.15) is 47.2 Å². The number of aryl methyl sites for hydroxylation is 1. The number of ketones is 1. The van der Waals surface area contributed by atoms with Gasteiger partial charge >= 0.3 is 0 Å². The van der Waals surface area contributed by atoms with Gasteiger partial charge in [-0.15, -0.1) is 0 Å². The maximum absolute atomic E-state index is 14.0. The standard InChI is InChI=1S/C36H37N3O4/c40-34-27(17-21-39(36(34)42)28-18-22-43-23-19-28)24-30-32(35(41)37-20-9-12-25-10-3-1-4-11-25)29-15-7-8-16-31(29)38-33(30)26-13-5-2-6-14-26/h1-8,10-11,13-16,27-28H,9,12,17-24H2,(H,37,41). The summed E-state index contributed by atoms with van der Waals surface area (Å²) < 4.78 is 5.47. The fraction of sp³-hybridized carbons (Fsp3) is 0.333. The molecule has 7 nitrogen and oxygen atoms in total. The first-order valence-corrected chi connectivity index (χ1v) is 15.3. The lowest BCUT2D eigenvalue weighted by atomic mass is 9.83. The molecule has 220 valence electrons. The SMILES string of the molecule is O=C(NCCCc1ccccc1)c1c(CC2CCN(C3CCOCC3)C(=O)C2=O)c(-c2ccccc2)nc2ccccc12. The Kier molecular flexibility index (Phi) is 8.89. The van der Waals surface area contributed by atoms with Crippen molar-refractivity contribution in [3.8, 4) is 11.3 Å². The van der Waals surface area contributed by atoms with Crippen molar-refractivity contribution < 1.29 is 19.1 Å². The molecule has 0 spiro atoms. The van der Waals surface area contributed by atoms with E-state index in [1.165, 1.54) is 5.56 Å². The number of piperidine rings is 1. The van der Waals surface area contributed by atoms with Gasteiger partial charge in [0.25, 0.3) is 11.8 Å². The van der Waals surface area contributed by atoms with Gasteiger partial charge < -0.3 is 15.0 Å². The van der Waals surface area contributed by atoms with Crippen LogP contribution in [-0.2, 0) is 27.2 Å². The van der Waals surface area contributed by atoms with Crippen molar-refractivity contribution in [1.29, 1.82) is 0 Å². The predicted octanol–water partition coefficient (Wildman–Crippen LogP) is 5.40. The number of carbonyl (C=O) groups is 3. The van der Waals surface area contributed by atoms with Gasteiger partial charge in [0.1, 0.15) is 0 Å². The Morgan fingerprint density at radius 2 is 1.58 bits per heavy atom. The lowest BCUT2D eigenvalue weighted by Crippen LogP contribution is -2.52. The molecule has 0 saturated carbocycles. The number of rotatable bonds is 9. The zero-order chi connectivity index (χ0) is 29.6. The summed E-state index contributed by atoms with van der Waals surface area (Å²) in [7, 11) is 0. The number of fused-ring (bicyclic) bond motifs is 1. The van der Waals surface area contributed by atoms with E-state index >= 15 is 0 Å². The minimum Gasteiger partial charge on any atom is -0.381 e. The van der Waals surface area contributed by atoms with Gasteiger partial charge in [-0.1, -0.05) is 78.9 Å². The van der Waals surface area contributed by atoms with Gasteiger partial charge in [-0.25, -0.2) is 4.98 Å². The zero-order valence-electron chi connectivity index (χ0n) is 24.3. The molecule has 6 rings (SSSR count). The number of pyridine rings is 1. The molecule has 7 heteroatoms. The lowest BCUT2D eigenvalue weighted by molar-refractivity contribution is -0.153. The molecule has 2 aliphatic rings. The first-order chi connectivity index (χ1) is 21.1. The molecule has 2 amide bonds. The van der Waals surface area contributed by atoms with Crippen LogP contribution < -0.4 is 5.32 Å². The van der Waals surface area contributed by atoms with Gasteiger partial charge in [-0.2, -0.15) is 0 Å². The summed E-state index contributed by atoms with van der Waals surface area (Å²) in [6.45, 7) is 2.27. The van der Waals surface area contributed by atoms with Crippen LogP contribution >= 0.6 is 0 Å². The predicted molar refractivity (Wildman–Crippen MR) is 167 cm³/mol. The molecule has 1 atom stereocenters. The quantitative estimate of drug-likeness (QED) is 0.213. The Bertz CT molecular complexity index is 1600. The maximum atomic E-state index is 14.0. The molecule has 1 aromatic heterocycles. The first kappa shape index (κ1) is 28.7. The second kappa shape index (κ2) is 13.3. The van der Waals surface area contributed by atoms with E-state index in [-0.39, 0.29) is 24.2 Å². The molecule has 2 saturated heterocycles. The third-order valence-corrected chi connectivity index (χ3v) is 8.68. The van der Waals surface area contributed by atoms with Crippen molar-refractivity contribution in [3.05, 3.63) is 102 Å². The van der Waals surface area contributed by atoms with E-state index in [0.717, 1.165) is 47.7 Å². The largest absolute Gasteiger partial charge is 0.381 e. The molecule has 1 unspecified atom stereocenters. The Labute approximate surface area is 252 Å². The summed E-state index contributed by atoms with van der Waals surface area (Å²) in [6, 6.07) is 27.7. The third-order valence-electron chi connectivity index (χ3n) is 8.68. The summed E-state index contributed by atoms with van der Waals surface area (Å²) in [5.74, 6) is -1.49. The fourth-order valence-electron chi connectivity index (χ4n) is 6.40. The first-order valence-electron chi connectivity index (χ1n) is 15.3. The molecule has 2 aliphatic heterocycles. The van der Waals surface area contributed by atoms with Crippen LogP contribution in [-0.4, -0.2) is 59.8 Å². The van der Waals surface area contributed by atoms with Gasteiger partial charge in [0.2, 0.25) is 5.78 Å². The number of ether oxygens (including phenoxy) is 1. The number of hydrogen-bond donors (Lipinski definition) is 1. The zero-order valence-corrected chi connectivity index (χ0v) is 24.3. The molecule has 0 aliphatic carbocycles. The smallest absolute Gasteiger partial charge is 0.290 e. The van der Waals surface area contributed by atoms with Crippen LogP contribution in [0.5, 0.6) is 0 Å². The van der Waals surface area contributed by atoms with Crippen LogP contribution in [0.3, 0.4) is 0 Å². The normalized spacial score (nSPS) is 17.8. The minimum atomic E-state index is -0.515. The third kappa shape index (κ3) is 6.37. The topological polar surface area (TPSA) is 88.6 Å². The molecule has 3 heterocycles. The second-order valence-corrected chi connectivity index (χ2v) is 11.4. The lowest BCUT2D eigenvalue weighted by Gasteiger charge is -2.38. The highest BCUT2D eigenvalue weighted by Crippen LogP contribution is 2.34. The maximum Gasteiger partial charge on any atom is 0.290 e. The average molecular weight is 576 g/mol. The van der Waals surface area contributed by atoms with Crippen LogP contribution in [0.4, 0.5) is 0 Å². The Morgan fingerprint density at radius 1 is 0.884 bits per heavy atom. The van der Waals surface area contributed by atoms with E-state index in [2.05, 4.69) is 17.4 Å². The van der Waals surface area contributed by atoms with Crippen LogP contribution in [0.15, 0.2) is 84.9 Å². The number of likely N-dealkylation sites (tertiary alicyclic amines) is 1. The van der Waals surface area contributed by atoms with Crippen molar-refractivity contribution in [2.45, 2.75) is 44.6 Å². The number of nitrogens with one attached hydrogen (secondary N) is 1. The fourth-order valence-corrected chi connectivity index (χ4v) is 6.40. The number of para-hydroxylation sites is 1. The van der Waals surface area contributed by atoms with E-state index < -0.39 is 11.8 Å². The highest BCUT2D eigenvalue weighted by molar-refractivity contribution is 6.37. The van der Waals surface area contributed by atoms with Gasteiger partial charge in [0.05, 0.1) is 16.8 Å². The number of nitrogens with zero attached hydrogens (tertiary/aromatic N) is 2. The number of aromatic nitrogens is 1. The molecule has 0 bridgehead atoms. The molecular formula is C36H37N3O4. The molecule has 4 aromatic rings. The number of hydrogen-bond acceptors (Lipinski definition) is 5. The summed E-state index contributed by atoms with van der Waals surface area (Å²) in [6.07, 6.45) is 4.01. The van der Waals surface area contributed by atoms with E-state index in [4.69, 9.17) is 9.72 Å². The summed E-state index contributed by atoms with van der Waals surface area (Å²) in [4.78, 5) is 47.7. The Balaban J connectivity index is 1.32. The number of amides is 2. The van der Waals surface area contributed by atoms with Crippen molar-refractivity contribution in [2.75, 3.05) is 26.3 Å². The van der Waals surface area contributed by atoms with E-state index in [0.29, 0.717) is 44.0 Å². The Morgan fingerprint density at radius 3 is 2.35 bits per heavy atom. The van der Waals surface area contributed by atoms with E-state index in [9.17, 15) is 14.4 Å². The van der Waals surface area contributed by atoms with Crippen LogP contribution in [0.2, 0.25) is 0 Å². The Hall–Kier alpha value is -4.36. The van der Waals surface area contributed by atoms with Gasteiger partial charge in [-0.3, -0.25) is 14.4 Å². The van der Waals surface area contributed by atoms with E-state index in [1.807, 2.05) is 72.8 Å². The van der Waals surface area contributed by atoms with Crippen LogP contribution in [0, 0.1) is 5.92 Å². The molecule has 3 aromatic carbocycles. The molecule has 2 fully saturated rings. The van der Waals surface area contributed by atoms with Gasteiger partial charge in [-0.05, 0) is 55.7 Å². The average Bonchev–Trinajstić information content (AvgIpc) is 3.06. The monoisotopic (exact) mass is 575 g/mol. The number of Topliss-reactive ketones (excluding diaryl/α,β-unsaturated/α-hetero) is 1. The second-order valence-electron chi connectivity index (χ2n) is 11.4. The van der Waals surface area contributed by atoms with Crippen molar-refractivity contribution in [1.82, 2.24) is 15.2 Å². The molecule has 0 radical (unpaired) electrons. The number of benzene rings is 3. The molecule has 43 heavy (non-hydrogen) atoms. The van der Waals surface area contributed by atoms with E-state index in [1.54, 1.807) is 4.90 Å². The minimum absolute atomic E-state index is 0.0468. The van der Waals surface area contributed by atoms with Gasteiger partial charge in [0.15, 0.2) is 0 Å². The highest BCUT2D eigenvalue weighted by Gasteiger charge is 2.39. The summed E-state index contributed by atoms with van der Waals surface area (Å²) in [5.41, 5.74) is 4.76. The van der Waals surface area contributed by atoms with Crippen molar-refractivity contribution in [3.63, 3.8) is 0 Å². The van der Waals surface area contributed by atoms with Crippen molar-refractivity contribution >= 4 is 28.5 Å². The van der Waals surface area contributed by atoms with Crippen molar-refractivity contribution in [2.24, 2.45) is 5.92 Å². The summed E-state index contributed by atoms with van der Waals surface area (Å²) >= 11 is 0. The molecule has 1 N–H and O–H groups in total. The molecular weight excluding hydrogens is 538 g/mol. The van der Waals surface area contributed by atoms with Gasteiger partial charge in [0, 0.05) is 49.2 Å². The number of carbonyl (C=O) groups excluding carboxylic acids is 3.